The van der Waals surface area contributed by atoms with Crippen molar-refractivity contribution in [3.63, 3.8) is 0 Å². The van der Waals surface area contributed by atoms with E-state index in [2.05, 4.69) is 41.4 Å². The number of amides is 1. The lowest BCUT2D eigenvalue weighted by Gasteiger charge is -2.34. The number of guanidine groups is 1. The highest BCUT2D eigenvalue weighted by atomic mass is 32.1. The standard InChI is InChI=1S/C22H30N4O2S/c1-3-24-22(26-12-4-5-16(15-26)13-21(23)27)25-14-19-10-11-20(29-19)17-6-8-18(28-2)9-7-17/h6-11,16H,3-5,12-15H2,1-2H3,(H2,23,27)(H,24,25). The molecule has 0 aliphatic carbocycles. The summed E-state index contributed by atoms with van der Waals surface area (Å²) in [7, 11) is 1.68. The van der Waals surface area contributed by atoms with Crippen LogP contribution >= 0.6 is 11.3 Å². The van der Waals surface area contributed by atoms with Crippen LogP contribution in [0.1, 0.15) is 31.1 Å². The van der Waals surface area contributed by atoms with Gasteiger partial charge in [0.1, 0.15) is 5.75 Å². The van der Waals surface area contributed by atoms with E-state index in [0.717, 1.165) is 44.2 Å². The molecule has 0 bridgehead atoms. The Morgan fingerprint density at radius 2 is 2.10 bits per heavy atom. The molecule has 7 heteroatoms. The number of rotatable bonds is 7. The van der Waals surface area contributed by atoms with Crippen molar-refractivity contribution in [2.24, 2.45) is 16.6 Å². The molecule has 6 nitrogen and oxygen atoms in total. The fourth-order valence-electron chi connectivity index (χ4n) is 3.66. The van der Waals surface area contributed by atoms with Crippen molar-refractivity contribution in [3.8, 4) is 16.2 Å². The summed E-state index contributed by atoms with van der Waals surface area (Å²) in [4.78, 5) is 20.9. The molecule has 2 heterocycles. The SMILES string of the molecule is CCNC(=NCc1ccc(-c2ccc(OC)cc2)s1)N1CCCC(CC(N)=O)C1. The summed E-state index contributed by atoms with van der Waals surface area (Å²) in [6.45, 7) is 5.32. The molecular weight excluding hydrogens is 384 g/mol. The minimum atomic E-state index is -0.219. The Hall–Kier alpha value is -2.54. The van der Waals surface area contributed by atoms with Gasteiger partial charge in [0.2, 0.25) is 5.91 Å². The van der Waals surface area contributed by atoms with Crippen molar-refractivity contribution >= 4 is 23.2 Å². The Balaban J connectivity index is 1.67. The maximum Gasteiger partial charge on any atom is 0.217 e. The average molecular weight is 415 g/mol. The van der Waals surface area contributed by atoms with E-state index in [4.69, 9.17) is 15.5 Å². The fraction of sp³-hybridized carbons (Fsp3) is 0.455. The first kappa shape index (κ1) is 21.2. The fourth-order valence-corrected chi connectivity index (χ4v) is 4.60. The molecule has 1 aromatic carbocycles. The number of primary amides is 1. The number of thiophene rings is 1. The number of carbonyl (C=O) groups excluding carboxylic acids is 1. The molecule has 1 fully saturated rings. The highest BCUT2D eigenvalue weighted by Gasteiger charge is 2.23. The van der Waals surface area contributed by atoms with E-state index in [9.17, 15) is 4.79 Å². The van der Waals surface area contributed by atoms with Crippen LogP contribution in [-0.2, 0) is 11.3 Å². The first-order valence-corrected chi connectivity index (χ1v) is 11.0. The zero-order chi connectivity index (χ0) is 20.6. The zero-order valence-corrected chi connectivity index (χ0v) is 18.0. The summed E-state index contributed by atoms with van der Waals surface area (Å²) >= 11 is 1.76. The minimum absolute atomic E-state index is 0.219. The van der Waals surface area contributed by atoms with E-state index in [-0.39, 0.29) is 5.91 Å². The van der Waals surface area contributed by atoms with Crippen LogP contribution in [0.5, 0.6) is 5.75 Å². The molecule has 2 aromatic rings. The Morgan fingerprint density at radius 3 is 2.79 bits per heavy atom. The van der Waals surface area contributed by atoms with Crippen LogP contribution in [0.25, 0.3) is 10.4 Å². The van der Waals surface area contributed by atoms with E-state index < -0.39 is 0 Å². The summed E-state index contributed by atoms with van der Waals surface area (Å²) in [5.41, 5.74) is 6.58. The molecule has 1 saturated heterocycles. The lowest BCUT2D eigenvalue weighted by molar-refractivity contribution is -0.119. The summed E-state index contributed by atoms with van der Waals surface area (Å²) in [6, 6.07) is 12.4. The van der Waals surface area contributed by atoms with Gasteiger partial charge in [0.25, 0.3) is 0 Å². The number of methoxy groups -OCH3 is 1. The van der Waals surface area contributed by atoms with Crippen molar-refractivity contribution in [3.05, 3.63) is 41.3 Å². The zero-order valence-electron chi connectivity index (χ0n) is 17.2. The summed E-state index contributed by atoms with van der Waals surface area (Å²) < 4.78 is 5.23. The maximum absolute atomic E-state index is 11.3. The molecule has 1 atom stereocenters. The molecule has 29 heavy (non-hydrogen) atoms. The van der Waals surface area contributed by atoms with Gasteiger partial charge in [0.05, 0.1) is 13.7 Å². The maximum atomic E-state index is 11.3. The molecule has 1 aliphatic heterocycles. The highest BCUT2D eigenvalue weighted by molar-refractivity contribution is 7.15. The van der Waals surface area contributed by atoms with Gasteiger partial charge < -0.3 is 20.7 Å². The third kappa shape index (κ3) is 5.97. The number of hydrogen-bond donors (Lipinski definition) is 2. The van der Waals surface area contributed by atoms with E-state index in [1.807, 2.05) is 12.1 Å². The van der Waals surface area contributed by atoms with Gasteiger partial charge in [-0.15, -0.1) is 11.3 Å². The molecule has 0 saturated carbocycles. The molecule has 0 radical (unpaired) electrons. The van der Waals surface area contributed by atoms with Gasteiger partial charge in [-0.25, -0.2) is 4.99 Å². The quantitative estimate of drug-likeness (QED) is 0.537. The van der Waals surface area contributed by atoms with Crippen molar-refractivity contribution in [2.45, 2.75) is 32.7 Å². The third-order valence-corrected chi connectivity index (χ3v) is 6.18. The lowest BCUT2D eigenvalue weighted by atomic mass is 9.95. The molecule has 156 valence electrons. The predicted molar refractivity (Wildman–Crippen MR) is 119 cm³/mol. The number of piperidine rings is 1. The van der Waals surface area contributed by atoms with Gasteiger partial charge in [0, 0.05) is 35.8 Å². The van der Waals surface area contributed by atoms with Crippen LogP contribution in [-0.4, -0.2) is 43.5 Å². The Bertz CT molecular complexity index is 832. The summed E-state index contributed by atoms with van der Waals surface area (Å²) in [5, 5.41) is 3.40. The van der Waals surface area contributed by atoms with Crippen LogP contribution in [0.15, 0.2) is 41.4 Å². The number of nitrogens with two attached hydrogens (primary N) is 1. The van der Waals surface area contributed by atoms with Crippen LogP contribution in [0.3, 0.4) is 0 Å². The predicted octanol–water partition coefficient (Wildman–Crippen LogP) is 3.48. The smallest absolute Gasteiger partial charge is 0.217 e. The molecular formula is C22H30N4O2S. The molecule has 3 rings (SSSR count). The molecule has 1 amide bonds. The van der Waals surface area contributed by atoms with Gasteiger partial charge >= 0.3 is 0 Å². The number of ether oxygens (including phenoxy) is 1. The molecule has 1 unspecified atom stereocenters. The van der Waals surface area contributed by atoms with Crippen LogP contribution in [0, 0.1) is 5.92 Å². The largest absolute Gasteiger partial charge is 0.497 e. The number of nitrogens with zero attached hydrogens (tertiary/aromatic N) is 2. The molecule has 1 aliphatic rings. The van der Waals surface area contributed by atoms with E-state index in [0.29, 0.717) is 18.9 Å². The number of carbonyl (C=O) groups is 1. The Labute approximate surface area is 176 Å². The number of hydrogen-bond acceptors (Lipinski definition) is 4. The molecule has 3 N–H and O–H groups in total. The van der Waals surface area contributed by atoms with Gasteiger partial charge in [-0.05, 0) is 67.6 Å². The van der Waals surface area contributed by atoms with Crippen LogP contribution < -0.4 is 15.8 Å². The number of aliphatic imine (C=N–C) groups is 1. The van der Waals surface area contributed by atoms with Gasteiger partial charge in [-0.2, -0.15) is 0 Å². The highest BCUT2D eigenvalue weighted by Crippen LogP contribution is 2.30. The Kier molecular flexibility index (Phi) is 7.52. The second kappa shape index (κ2) is 10.3. The minimum Gasteiger partial charge on any atom is -0.497 e. The Morgan fingerprint density at radius 1 is 1.31 bits per heavy atom. The van der Waals surface area contributed by atoms with Crippen LogP contribution in [0.4, 0.5) is 0 Å². The normalized spacial score (nSPS) is 17.2. The third-order valence-electron chi connectivity index (χ3n) is 5.06. The first-order valence-electron chi connectivity index (χ1n) is 10.1. The topological polar surface area (TPSA) is 80.0 Å². The summed E-state index contributed by atoms with van der Waals surface area (Å²) in [6.07, 6.45) is 2.56. The van der Waals surface area contributed by atoms with Gasteiger partial charge in [-0.1, -0.05) is 0 Å². The van der Waals surface area contributed by atoms with E-state index in [1.165, 1.54) is 15.3 Å². The summed E-state index contributed by atoms with van der Waals surface area (Å²) in [5.74, 6) is 1.87. The van der Waals surface area contributed by atoms with E-state index in [1.54, 1.807) is 18.4 Å². The number of nitrogens with one attached hydrogen (secondary N) is 1. The van der Waals surface area contributed by atoms with Crippen molar-refractivity contribution in [2.75, 3.05) is 26.7 Å². The number of likely N-dealkylation sites (tertiary alicyclic amines) is 1. The van der Waals surface area contributed by atoms with Gasteiger partial charge in [-0.3, -0.25) is 4.79 Å². The lowest BCUT2D eigenvalue weighted by Crippen LogP contribution is -2.47. The second-order valence-electron chi connectivity index (χ2n) is 7.29. The average Bonchev–Trinajstić information content (AvgIpc) is 3.20. The molecule has 1 aromatic heterocycles. The van der Waals surface area contributed by atoms with Crippen molar-refractivity contribution in [1.82, 2.24) is 10.2 Å². The monoisotopic (exact) mass is 414 g/mol. The van der Waals surface area contributed by atoms with Crippen molar-refractivity contribution in [1.29, 1.82) is 0 Å². The van der Waals surface area contributed by atoms with Crippen molar-refractivity contribution < 1.29 is 9.53 Å². The first-order chi connectivity index (χ1) is 14.1. The number of benzene rings is 1. The van der Waals surface area contributed by atoms with Crippen LogP contribution in [0.2, 0.25) is 0 Å². The van der Waals surface area contributed by atoms with Gasteiger partial charge in [0.15, 0.2) is 5.96 Å². The molecule has 0 spiro atoms. The van der Waals surface area contributed by atoms with E-state index >= 15 is 0 Å². The second-order valence-corrected chi connectivity index (χ2v) is 8.46.